The maximum Gasteiger partial charge on any atom is 0.154 e. The number of furan rings is 1. The van der Waals surface area contributed by atoms with Crippen LogP contribution in [0.25, 0.3) is 55.0 Å². The lowest BCUT2D eigenvalue weighted by molar-refractivity contribution is 0.667. The molecule has 6 aromatic rings. The third-order valence-corrected chi connectivity index (χ3v) is 5.11. The lowest BCUT2D eigenvalue weighted by atomic mass is 10.0. The second kappa shape index (κ2) is 5.39. The number of pyridine rings is 2. The van der Waals surface area contributed by atoms with Gasteiger partial charge in [0.05, 0.1) is 22.9 Å². The molecule has 27 heavy (non-hydrogen) atoms. The minimum Gasteiger partial charge on any atom is -0.454 e. The Labute approximate surface area is 154 Å². The van der Waals surface area contributed by atoms with Gasteiger partial charge in [0, 0.05) is 27.1 Å². The summed E-state index contributed by atoms with van der Waals surface area (Å²) in [7, 11) is 0. The standard InChI is InChI=1S/C24H14N2O/c1-2-6-15(7-3-1)19-13-11-16-10-12-18-22-17-8-4-5-9-20(17)27-21(22)14-25-24(18)23(16)26-19/h1-14H. The van der Waals surface area contributed by atoms with Crippen molar-refractivity contribution in [2.45, 2.75) is 0 Å². The Morgan fingerprint density at radius 1 is 0.630 bits per heavy atom. The summed E-state index contributed by atoms with van der Waals surface area (Å²) in [6.45, 7) is 0. The van der Waals surface area contributed by atoms with E-state index >= 15 is 0 Å². The van der Waals surface area contributed by atoms with Crippen LogP contribution in [0, 0.1) is 0 Å². The van der Waals surface area contributed by atoms with E-state index in [0.717, 1.165) is 55.0 Å². The largest absolute Gasteiger partial charge is 0.454 e. The van der Waals surface area contributed by atoms with Crippen LogP contribution in [-0.4, -0.2) is 9.97 Å². The highest BCUT2D eigenvalue weighted by Crippen LogP contribution is 2.35. The summed E-state index contributed by atoms with van der Waals surface area (Å²) in [6.07, 6.45) is 1.81. The highest BCUT2D eigenvalue weighted by molar-refractivity contribution is 6.21. The van der Waals surface area contributed by atoms with Crippen molar-refractivity contribution in [2.75, 3.05) is 0 Å². The molecule has 0 aliphatic rings. The Kier molecular flexibility index (Phi) is 2.88. The number of para-hydroxylation sites is 1. The van der Waals surface area contributed by atoms with Gasteiger partial charge in [-0.05, 0) is 12.1 Å². The number of rotatable bonds is 1. The molecule has 3 nitrogen and oxygen atoms in total. The van der Waals surface area contributed by atoms with Crippen LogP contribution in [0.4, 0.5) is 0 Å². The highest BCUT2D eigenvalue weighted by atomic mass is 16.3. The van der Waals surface area contributed by atoms with Crippen molar-refractivity contribution in [2.24, 2.45) is 0 Å². The molecule has 3 aromatic heterocycles. The van der Waals surface area contributed by atoms with Gasteiger partial charge < -0.3 is 4.42 Å². The lowest BCUT2D eigenvalue weighted by Gasteiger charge is -2.06. The Morgan fingerprint density at radius 2 is 1.44 bits per heavy atom. The zero-order valence-electron chi connectivity index (χ0n) is 14.4. The van der Waals surface area contributed by atoms with E-state index in [9.17, 15) is 0 Å². The molecule has 0 bridgehead atoms. The van der Waals surface area contributed by atoms with Crippen LogP contribution in [-0.2, 0) is 0 Å². The summed E-state index contributed by atoms with van der Waals surface area (Å²) >= 11 is 0. The molecule has 0 amide bonds. The van der Waals surface area contributed by atoms with Gasteiger partial charge in [-0.15, -0.1) is 0 Å². The maximum absolute atomic E-state index is 5.98. The van der Waals surface area contributed by atoms with Gasteiger partial charge in [-0.3, -0.25) is 4.98 Å². The van der Waals surface area contributed by atoms with Crippen LogP contribution in [0.3, 0.4) is 0 Å². The van der Waals surface area contributed by atoms with Crippen LogP contribution in [0.15, 0.2) is 89.5 Å². The topological polar surface area (TPSA) is 38.9 Å². The second-order valence-corrected chi connectivity index (χ2v) is 6.69. The van der Waals surface area contributed by atoms with Crippen LogP contribution in [0.2, 0.25) is 0 Å². The van der Waals surface area contributed by atoms with E-state index < -0.39 is 0 Å². The molecule has 3 aromatic carbocycles. The van der Waals surface area contributed by atoms with E-state index in [0.29, 0.717) is 0 Å². The predicted octanol–water partition coefficient (Wildman–Crippen LogP) is 6.35. The van der Waals surface area contributed by atoms with Crippen LogP contribution >= 0.6 is 0 Å². The fraction of sp³-hybridized carbons (Fsp3) is 0. The number of nitrogens with zero attached hydrogens (tertiary/aromatic N) is 2. The van der Waals surface area contributed by atoms with E-state index in [1.54, 1.807) is 0 Å². The van der Waals surface area contributed by atoms with Gasteiger partial charge in [-0.2, -0.15) is 0 Å². The van der Waals surface area contributed by atoms with E-state index in [1.165, 1.54) is 0 Å². The van der Waals surface area contributed by atoms with Gasteiger partial charge in [0.2, 0.25) is 0 Å². The molecule has 0 unspecified atom stereocenters. The van der Waals surface area contributed by atoms with Crippen molar-refractivity contribution in [3.8, 4) is 11.3 Å². The Hall–Kier alpha value is -3.72. The van der Waals surface area contributed by atoms with Crippen molar-refractivity contribution in [3.05, 3.63) is 85.1 Å². The molecule has 126 valence electrons. The predicted molar refractivity (Wildman–Crippen MR) is 110 cm³/mol. The normalized spacial score (nSPS) is 11.7. The highest BCUT2D eigenvalue weighted by Gasteiger charge is 2.13. The number of hydrogen-bond donors (Lipinski definition) is 0. The molecule has 0 aliphatic carbocycles. The first kappa shape index (κ1) is 14.4. The molecule has 0 radical (unpaired) electrons. The lowest BCUT2D eigenvalue weighted by Crippen LogP contribution is -1.89. The molecule has 0 saturated heterocycles. The van der Waals surface area contributed by atoms with E-state index in [-0.39, 0.29) is 0 Å². The number of fused-ring (bicyclic) bond motifs is 7. The molecule has 0 saturated carbocycles. The van der Waals surface area contributed by atoms with E-state index in [2.05, 4.69) is 42.5 Å². The van der Waals surface area contributed by atoms with Crippen molar-refractivity contribution in [1.29, 1.82) is 0 Å². The summed E-state index contributed by atoms with van der Waals surface area (Å²) in [4.78, 5) is 9.66. The number of benzene rings is 3. The molecule has 3 heterocycles. The number of aromatic nitrogens is 2. The second-order valence-electron chi connectivity index (χ2n) is 6.69. The Bertz CT molecular complexity index is 1470. The fourth-order valence-electron chi connectivity index (χ4n) is 3.83. The summed E-state index contributed by atoms with van der Waals surface area (Å²) in [5.41, 5.74) is 5.57. The molecule has 3 heteroatoms. The molecule has 0 aliphatic heterocycles. The maximum atomic E-state index is 5.98. The third-order valence-electron chi connectivity index (χ3n) is 5.11. The van der Waals surface area contributed by atoms with Crippen molar-refractivity contribution >= 4 is 43.7 Å². The van der Waals surface area contributed by atoms with E-state index in [1.807, 2.05) is 42.6 Å². The molecular formula is C24H14N2O. The van der Waals surface area contributed by atoms with Gasteiger partial charge >= 0.3 is 0 Å². The van der Waals surface area contributed by atoms with Crippen molar-refractivity contribution in [3.63, 3.8) is 0 Å². The number of hydrogen-bond acceptors (Lipinski definition) is 3. The smallest absolute Gasteiger partial charge is 0.154 e. The first-order valence-corrected chi connectivity index (χ1v) is 8.94. The third kappa shape index (κ3) is 2.09. The van der Waals surface area contributed by atoms with Crippen LogP contribution < -0.4 is 0 Å². The average Bonchev–Trinajstić information content (AvgIpc) is 3.13. The molecule has 0 atom stereocenters. The monoisotopic (exact) mass is 346 g/mol. The quantitative estimate of drug-likeness (QED) is 0.326. The Morgan fingerprint density at radius 3 is 2.37 bits per heavy atom. The fourth-order valence-corrected chi connectivity index (χ4v) is 3.83. The van der Waals surface area contributed by atoms with Crippen LogP contribution in [0.5, 0.6) is 0 Å². The summed E-state index contributed by atoms with van der Waals surface area (Å²) in [5.74, 6) is 0. The summed E-state index contributed by atoms with van der Waals surface area (Å²) in [6, 6.07) is 26.8. The Balaban J connectivity index is 1.74. The SMILES string of the molecule is c1ccc(-c2ccc3ccc4c(ncc5oc6ccccc6c54)c3n2)cc1. The van der Waals surface area contributed by atoms with Crippen molar-refractivity contribution < 1.29 is 4.42 Å². The summed E-state index contributed by atoms with van der Waals surface area (Å²) in [5, 5.41) is 4.37. The first-order chi connectivity index (χ1) is 13.4. The van der Waals surface area contributed by atoms with Crippen molar-refractivity contribution in [1.82, 2.24) is 9.97 Å². The summed E-state index contributed by atoms with van der Waals surface area (Å²) < 4.78 is 5.98. The van der Waals surface area contributed by atoms with Gasteiger partial charge in [-0.25, -0.2) is 4.98 Å². The van der Waals surface area contributed by atoms with Gasteiger partial charge in [0.25, 0.3) is 0 Å². The van der Waals surface area contributed by atoms with Crippen LogP contribution in [0.1, 0.15) is 0 Å². The molecule has 6 rings (SSSR count). The first-order valence-electron chi connectivity index (χ1n) is 8.94. The van der Waals surface area contributed by atoms with Gasteiger partial charge in [-0.1, -0.05) is 66.7 Å². The minimum absolute atomic E-state index is 0.808. The molecule has 0 fully saturated rings. The van der Waals surface area contributed by atoms with E-state index in [4.69, 9.17) is 14.4 Å². The molecular weight excluding hydrogens is 332 g/mol. The molecule has 0 N–H and O–H groups in total. The zero-order valence-corrected chi connectivity index (χ0v) is 14.4. The minimum atomic E-state index is 0.808. The van der Waals surface area contributed by atoms with Gasteiger partial charge in [0.1, 0.15) is 5.58 Å². The average molecular weight is 346 g/mol. The zero-order chi connectivity index (χ0) is 17.8. The molecule has 0 spiro atoms. The van der Waals surface area contributed by atoms with Gasteiger partial charge in [0.15, 0.2) is 5.58 Å².